The molecule has 0 spiro atoms. The number of fused-ring (bicyclic) bond motifs is 1. The summed E-state index contributed by atoms with van der Waals surface area (Å²) in [7, 11) is 0. The third-order valence-corrected chi connectivity index (χ3v) is 2.03. The lowest BCUT2D eigenvalue weighted by Gasteiger charge is -1.98. The van der Waals surface area contributed by atoms with E-state index in [1.807, 2.05) is 0 Å². The maximum Gasteiger partial charge on any atom is 0.337 e. The third-order valence-electron chi connectivity index (χ3n) is 1.72. The van der Waals surface area contributed by atoms with Gasteiger partial charge in [-0.2, -0.15) is 0 Å². The van der Waals surface area contributed by atoms with E-state index in [0.29, 0.717) is 21.7 Å². The molecule has 0 atom stereocenters. The zero-order valence-corrected chi connectivity index (χ0v) is 7.34. The van der Waals surface area contributed by atoms with Crippen LogP contribution in [0.3, 0.4) is 0 Å². The van der Waals surface area contributed by atoms with E-state index in [0.717, 1.165) is 0 Å². The molecular weight excluding hydrogens is 190 g/mol. The maximum atomic E-state index is 10.9. The topological polar surface area (TPSA) is 56.2 Å². The Bertz CT molecular complexity index is 518. The molecule has 0 bridgehead atoms. The van der Waals surface area contributed by atoms with Crippen LogP contribution in [0.2, 0.25) is 5.02 Å². The Morgan fingerprint density at radius 2 is 2.08 bits per heavy atom. The third kappa shape index (κ3) is 1.38. The van der Waals surface area contributed by atoms with Crippen molar-refractivity contribution >= 4 is 28.3 Å². The fourth-order valence-electron chi connectivity index (χ4n) is 1.14. The first kappa shape index (κ1) is 8.13. The average Bonchev–Trinajstić information content (AvgIpc) is 2.02. The van der Waals surface area contributed by atoms with Gasteiger partial charge >= 0.3 is 5.63 Å². The molecule has 0 radical (unpaired) electrons. The lowest BCUT2D eigenvalue weighted by atomic mass is 10.2. The summed E-state index contributed by atoms with van der Waals surface area (Å²) < 4.78 is 4.90. The first-order valence-corrected chi connectivity index (χ1v) is 4.03. The number of hydrogen-bond donors (Lipinski definition) is 1. The van der Waals surface area contributed by atoms with E-state index in [1.165, 1.54) is 6.07 Å². The van der Waals surface area contributed by atoms with Crippen LogP contribution in [-0.2, 0) is 0 Å². The molecule has 2 N–H and O–H groups in total. The maximum absolute atomic E-state index is 10.9. The SMILES string of the molecule is Nc1ccc2c(Cl)cc(=O)oc2c1. The van der Waals surface area contributed by atoms with Crippen LogP contribution < -0.4 is 11.4 Å². The van der Waals surface area contributed by atoms with E-state index in [9.17, 15) is 4.79 Å². The molecule has 0 saturated carbocycles. The predicted octanol–water partition coefficient (Wildman–Crippen LogP) is 2.03. The van der Waals surface area contributed by atoms with Gasteiger partial charge in [-0.3, -0.25) is 0 Å². The van der Waals surface area contributed by atoms with Crippen molar-refractivity contribution in [1.29, 1.82) is 0 Å². The second-order valence-electron chi connectivity index (χ2n) is 2.67. The molecule has 0 saturated heterocycles. The van der Waals surface area contributed by atoms with Crippen LogP contribution in [0.5, 0.6) is 0 Å². The Hall–Kier alpha value is -1.48. The minimum Gasteiger partial charge on any atom is -0.423 e. The van der Waals surface area contributed by atoms with Gasteiger partial charge in [0.1, 0.15) is 5.58 Å². The number of anilines is 1. The van der Waals surface area contributed by atoms with Crippen LogP contribution in [-0.4, -0.2) is 0 Å². The molecule has 0 unspecified atom stereocenters. The van der Waals surface area contributed by atoms with E-state index in [2.05, 4.69) is 0 Å². The average molecular weight is 196 g/mol. The van der Waals surface area contributed by atoms with E-state index >= 15 is 0 Å². The summed E-state index contributed by atoms with van der Waals surface area (Å²) in [5, 5.41) is 1.07. The van der Waals surface area contributed by atoms with Gasteiger partial charge in [0.15, 0.2) is 0 Å². The highest BCUT2D eigenvalue weighted by Crippen LogP contribution is 2.22. The molecule has 1 heterocycles. The summed E-state index contributed by atoms with van der Waals surface area (Å²) >= 11 is 5.81. The highest BCUT2D eigenvalue weighted by atomic mass is 35.5. The summed E-state index contributed by atoms with van der Waals surface area (Å²) in [4.78, 5) is 10.9. The Morgan fingerprint density at radius 1 is 1.31 bits per heavy atom. The number of nitrogens with two attached hydrogens (primary N) is 1. The Labute approximate surface area is 78.7 Å². The van der Waals surface area contributed by atoms with Gasteiger partial charge in [-0.05, 0) is 12.1 Å². The molecule has 3 nitrogen and oxygen atoms in total. The number of benzene rings is 1. The molecule has 0 aliphatic rings. The minimum absolute atomic E-state index is 0.381. The van der Waals surface area contributed by atoms with Gasteiger partial charge in [-0.15, -0.1) is 0 Å². The van der Waals surface area contributed by atoms with Gasteiger partial charge in [0, 0.05) is 23.2 Å². The van der Waals surface area contributed by atoms with Crippen molar-refractivity contribution in [2.45, 2.75) is 0 Å². The van der Waals surface area contributed by atoms with Crippen molar-refractivity contribution in [1.82, 2.24) is 0 Å². The Kier molecular flexibility index (Phi) is 1.74. The van der Waals surface area contributed by atoms with Crippen molar-refractivity contribution in [3.63, 3.8) is 0 Å². The van der Waals surface area contributed by atoms with Crippen molar-refractivity contribution in [3.8, 4) is 0 Å². The van der Waals surface area contributed by atoms with Crippen LogP contribution in [0.1, 0.15) is 0 Å². The molecule has 0 fully saturated rings. The molecule has 1 aromatic heterocycles. The lowest BCUT2D eigenvalue weighted by Crippen LogP contribution is -1.96. The second kappa shape index (κ2) is 2.78. The highest BCUT2D eigenvalue weighted by molar-refractivity contribution is 6.35. The zero-order valence-electron chi connectivity index (χ0n) is 6.58. The molecule has 1 aromatic carbocycles. The fraction of sp³-hybridized carbons (Fsp3) is 0. The number of nitrogen functional groups attached to an aromatic ring is 1. The van der Waals surface area contributed by atoms with Crippen LogP contribution in [0.15, 0.2) is 33.5 Å². The highest BCUT2D eigenvalue weighted by Gasteiger charge is 2.02. The first-order chi connectivity index (χ1) is 6.16. The summed E-state index contributed by atoms with van der Waals surface area (Å²) in [5.41, 5.74) is 6.00. The van der Waals surface area contributed by atoms with Gasteiger partial charge < -0.3 is 10.2 Å². The van der Waals surface area contributed by atoms with E-state index < -0.39 is 5.63 Å². The summed E-state index contributed by atoms with van der Waals surface area (Å²) in [5.74, 6) is 0. The molecule has 2 aromatic rings. The van der Waals surface area contributed by atoms with Crippen molar-refractivity contribution in [2.24, 2.45) is 0 Å². The number of rotatable bonds is 0. The van der Waals surface area contributed by atoms with Crippen LogP contribution in [0, 0.1) is 0 Å². The van der Waals surface area contributed by atoms with Gasteiger partial charge in [-0.25, -0.2) is 4.79 Å². The monoisotopic (exact) mass is 195 g/mol. The molecular formula is C9H6ClNO2. The molecule has 2 rings (SSSR count). The normalized spacial score (nSPS) is 10.5. The fourth-order valence-corrected chi connectivity index (χ4v) is 1.38. The molecule has 4 heteroatoms. The van der Waals surface area contributed by atoms with Gasteiger partial charge in [0.05, 0.1) is 5.02 Å². The van der Waals surface area contributed by atoms with Gasteiger partial charge in [0.25, 0.3) is 0 Å². The summed E-state index contributed by atoms with van der Waals surface area (Å²) in [6, 6.07) is 6.23. The first-order valence-electron chi connectivity index (χ1n) is 3.66. The minimum atomic E-state index is -0.469. The summed E-state index contributed by atoms with van der Waals surface area (Å²) in [6.45, 7) is 0. The molecule has 0 aliphatic heterocycles. The van der Waals surface area contributed by atoms with Crippen molar-refractivity contribution < 1.29 is 4.42 Å². The zero-order chi connectivity index (χ0) is 9.42. The van der Waals surface area contributed by atoms with Crippen molar-refractivity contribution in [2.75, 3.05) is 5.73 Å². The predicted molar refractivity (Wildman–Crippen MR) is 51.9 cm³/mol. The molecule has 66 valence electrons. The van der Waals surface area contributed by atoms with Crippen molar-refractivity contribution in [3.05, 3.63) is 39.7 Å². The Balaban J connectivity index is 2.94. The van der Waals surface area contributed by atoms with Gasteiger partial charge in [-0.1, -0.05) is 11.6 Å². The van der Waals surface area contributed by atoms with Gasteiger partial charge in [0.2, 0.25) is 0 Å². The van der Waals surface area contributed by atoms with Crippen LogP contribution >= 0.6 is 11.6 Å². The largest absolute Gasteiger partial charge is 0.423 e. The smallest absolute Gasteiger partial charge is 0.337 e. The molecule has 0 aliphatic carbocycles. The molecule has 0 amide bonds. The number of halogens is 1. The quantitative estimate of drug-likeness (QED) is 0.517. The van der Waals surface area contributed by atoms with Crippen LogP contribution in [0.4, 0.5) is 5.69 Å². The second-order valence-corrected chi connectivity index (χ2v) is 3.08. The summed E-state index contributed by atoms with van der Waals surface area (Å²) in [6.07, 6.45) is 0. The standard InChI is InChI=1S/C9H6ClNO2/c10-7-4-9(12)13-8-3-5(11)1-2-6(7)8/h1-4H,11H2. The van der Waals surface area contributed by atoms with Crippen LogP contribution in [0.25, 0.3) is 11.0 Å². The Morgan fingerprint density at radius 3 is 2.85 bits per heavy atom. The lowest BCUT2D eigenvalue weighted by molar-refractivity contribution is 0.561. The van der Waals surface area contributed by atoms with E-state index in [-0.39, 0.29) is 0 Å². The molecule has 13 heavy (non-hydrogen) atoms. The van der Waals surface area contributed by atoms with E-state index in [1.54, 1.807) is 18.2 Å². The number of hydrogen-bond acceptors (Lipinski definition) is 3. The van der Waals surface area contributed by atoms with E-state index in [4.69, 9.17) is 21.8 Å².